The number of rotatable bonds is 35. The molecule has 0 radical (unpaired) electrons. The molecular formula is C36H58ClN3O16. The van der Waals surface area contributed by atoms with Crippen molar-refractivity contribution < 1.29 is 76.4 Å². The van der Waals surface area contributed by atoms with Crippen molar-refractivity contribution in [3.63, 3.8) is 0 Å². The van der Waals surface area contributed by atoms with Crippen LogP contribution in [0.4, 0.5) is 19.2 Å². The fourth-order valence-corrected chi connectivity index (χ4v) is 4.04. The molecule has 1 aromatic rings. The summed E-state index contributed by atoms with van der Waals surface area (Å²) in [5.41, 5.74) is 0. The molecule has 0 aliphatic rings. The van der Waals surface area contributed by atoms with E-state index in [4.69, 9.17) is 63.7 Å². The molecule has 0 aliphatic heterocycles. The van der Waals surface area contributed by atoms with Crippen LogP contribution in [0.1, 0.15) is 25.7 Å². The average Bonchev–Trinajstić information content (AvgIpc) is 3.18. The number of alkyl carbamates (subject to hydrolysis) is 3. The van der Waals surface area contributed by atoms with Crippen LogP contribution in [0.25, 0.3) is 0 Å². The van der Waals surface area contributed by atoms with Gasteiger partial charge in [0.15, 0.2) is 0 Å². The van der Waals surface area contributed by atoms with E-state index in [1.807, 2.05) is 0 Å². The van der Waals surface area contributed by atoms with E-state index in [1.165, 1.54) is 36.4 Å². The van der Waals surface area contributed by atoms with Crippen LogP contribution in [0, 0.1) is 0 Å². The van der Waals surface area contributed by atoms with Crippen molar-refractivity contribution in [1.82, 2.24) is 16.0 Å². The third-order valence-electron chi connectivity index (χ3n) is 6.57. The highest BCUT2D eigenvalue weighted by Gasteiger charge is 2.06. The number of phenols is 1. The third-order valence-corrected chi connectivity index (χ3v) is 6.84. The number of aromatic hydroxyl groups is 1. The standard InChI is InChI=1S/C36H58ClN3O16/c37-11-3-1-2-4-15-46-21-22-47-20-14-40-35(44)54-29-27-50-25-23-48-18-12-38-33(42)52-16-5-6-17-53-34(43)39-13-19-49-24-26-51-28-30-55-36(45)56-32-9-7-31(41)8-10-32/h5-10,41H,1-4,11-30H2,(H,38,42)(H,39,43)(H,40,44)/b6-5-. The number of halogens is 1. The first-order valence-corrected chi connectivity index (χ1v) is 19.0. The molecule has 320 valence electrons. The molecule has 0 spiro atoms. The number of amides is 3. The summed E-state index contributed by atoms with van der Waals surface area (Å²) >= 11 is 5.64. The van der Waals surface area contributed by atoms with E-state index < -0.39 is 24.4 Å². The molecule has 1 aromatic carbocycles. The molecule has 0 fully saturated rings. The summed E-state index contributed by atoms with van der Waals surface area (Å²) in [7, 11) is 0. The topological polar surface area (TPSA) is 226 Å². The molecule has 0 atom stereocenters. The van der Waals surface area contributed by atoms with Crippen molar-refractivity contribution in [3.8, 4) is 11.5 Å². The minimum absolute atomic E-state index is 0.0118. The number of alkyl halides is 1. The Hall–Kier alpha value is -4.11. The minimum Gasteiger partial charge on any atom is -0.508 e. The summed E-state index contributed by atoms with van der Waals surface area (Å²) in [6, 6.07) is 5.62. The predicted molar refractivity (Wildman–Crippen MR) is 201 cm³/mol. The van der Waals surface area contributed by atoms with Crippen molar-refractivity contribution >= 4 is 36.0 Å². The Bertz CT molecular complexity index is 1170. The Balaban J connectivity index is 1.78. The Morgan fingerprint density at radius 2 is 0.911 bits per heavy atom. The molecule has 20 heteroatoms. The molecular weight excluding hydrogens is 766 g/mol. The van der Waals surface area contributed by atoms with Crippen LogP contribution >= 0.6 is 11.6 Å². The second-order valence-corrected chi connectivity index (χ2v) is 11.4. The molecule has 4 N–H and O–H groups in total. The molecule has 0 aliphatic carbocycles. The van der Waals surface area contributed by atoms with E-state index in [-0.39, 0.29) is 97.3 Å². The summed E-state index contributed by atoms with van der Waals surface area (Å²) in [6.45, 7) is 4.79. The quantitative estimate of drug-likeness (QED) is 0.0192. The summed E-state index contributed by atoms with van der Waals surface area (Å²) in [6.07, 6.45) is 4.63. The first-order valence-electron chi connectivity index (χ1n) is 18.4. The second-order valence-electron chi connectivity index (χ2n) is 11.1. The Morgan fingerprint density at radius 1 is 0.500 bits per heavy atom. The van der Waals surface area contributed by atoms with Gasteiger partial charge in [0.05, 0.1) is 72.7 Å². The lowest BCUT2D eigenvalue weighted by atomic mass is 10.2. The summed E-state index contributed by atoms with van der Waals surface area (Å²) in [4.78, 5) is 46.6. The molecule has 19 nitrogen and oxygen atoms in total. The van der Waals surface area contributed by atoms with Gasteiger partial charge < -0.3 is 73.2 Å². The number of hydrogen-bond acceptors (Lipinski definition) is 16. The van der Waals surface area contributed by atoms with Crippen molar-refractivity contribution in [2.24, 2.45) is 0 Å². The van der Waals surface area contributed by atoms with E-state index in [0.29, 0.717) is 45.5 Å². The predicted octanol–water partition coefficient (Wildman–Crippen LogP) is 3.54. The Morgan fingerprint density at radius 3 is 1.41 bits per heavy atom. The molecule has 0 unspecified atom stereocenters. The lowest BCUT2D eigenvalue weighted by Gasteiger charge is -2.09. The van der Waals surface area contributed by atoms with Crippen molar-refractivity contribution in [3.05, 3.63) is 36.4 Å². The van der Waals surface area contributed by atoms with E-state index in [1.54, 1.807) is 0 Å². The molecule has 0 saturated heterocycles. The smallest absolute Gasteiger partial charge is 0.508 e. The van der Waals surface area contributed by atoms with Gasteiger partial charge in [-0.05, 0) is 49.3 Å². The molecule has 3 amide bonds. The van der Waals surface area contributed by atoms with Crippen LogP contribution < -0.4 is 20.7 Å². The van der Waals surface area contributed by atoms with Gasteiger partial charge in [-0.1, -0.05) is 12.8 Å². The van der Waals surface area contributed by atoms with Gasteiger partial charge in [-0.3, -0.25) is 0 Å². The normalized spacial score (nSPS) is 10.9. The minimum atomic E-state index is -0.889. The van der Waals surface area contributed by atoms with Gasteiger partial charge in [0.2, 0.25) is 0 Å². The average molecular weight is 824 g/mol. The molecule has 0 saturated carbocycles. The lowest BCUT2D eigenvalue weighted by Crippen LogP contribution is -2.29. The zero-order valence-electron chi connectivity index (χ0n) is 31.9. The molecule has 0 heterocycles. The van der Waals surface area contributed by atoms with E-state index >= 15 is 0 Å². The van der Waals surface area contributed by atoms with Crippen LogP contribution in [0.2, 0.25) is 0 Å². The van der Waals surface area contributed by atoms with Crippen LogP contribution in [-0.2, 0) is 47.4 Å². The number of hydrogen-bond donors (Lipinski definition) is 4. The number of ether oxygens (including phenoxy) is 11. The van der Waals surface area contributed by atoms with E-state index in [0.717, 1.165) is 25.7 Å². The monoisotopic (exact) mass is 823 g/mol. The van der Waals surface area contributed by atoms with Crippen LogP contribution in [0.15, 0.2) is 36.4 Å². The fourth-order valence-electron chi connectivity index (χ4n) is 3.85. The fraction of sp³-hybridized carbons (Fsp3) is 0.667. The maximum Gasteiger partial charge on any atom is 0.513 e. The first kappa shape index (κ1) is 49.9. The largest absolute Gasteiger partial charge is 0.513 e. The second kappa shape index (κ2) is 37.8. The van der Waals surface area contributed by atoms with Gasteiger partial charge >= 0.3 is 24.4 Å². The number of carbonyl (C=O) groups is 4. The maximum atomic E-state index is 11.7. The van der Waals surface area contributed by atoms with Gasteiger partial charge in [-0.15, -0.1) is 11.6 Å². The number of phenolic OH excluding ortho intramolecular Hbond substituents is 1. The lowest BCUT2D eigenvalue weighted by molar-refractivity contribution is 0.0212. The van der Waals surface area contributed by atoms with Gasteiger partial charge in [0.1, 0.15) is 37.9 Å². The van der Waals surface area contributed by atoms with Crippen LogP contribution in [-0.4, -0.2) is 161 Å². The highest BCUT2D eigenvalue weighted by Crippen LogP contribution is 2.16. The maximum absolute atomic E-state index is 11.7. The Labute approximate surface area is 332 Å². The van der Waals surface area contributed by atoms with E-state index in [9.17, 15) is 24.3 Å². The number of nitrogens with one attached hydrogen (secondary N) is 3. The molecule has 0 bridgehead atoms. The van der Waals surface area contributed by atoms with Gasteiger partial charge in [0, 0.05) is 32.1 Å². The molecule has 0 aromatic heterocycles. The highest BCUT2D eigenvalue weighted by atomic mass is 35.5. The zero-order chi connectivity index (χ0) is 40.6. The van der Waals surface area contributed by atoms with Crippen molar-refractivity contribution in [2.75, 3.05) is 131 Å². The van der Waals surface area contributed by atoms with Gasteiger partial charge in [-0.25, -0.2) is 19.2 Å². The number of benzene rings is 1. The van der Waals surface area contributed by atoms with Crippen LogP contribution in [0.3, 0.4) is 0 Å². The summed E-state index contributed by atoms with van der Waals surface area (Å²) < 4.78 is 56.9. The number of carbonyl (C=O) groups excluding carboxylic acids is 4. The Kier molecular flexibility index (Phi) is 33.7. The third kappa shape index (κ3) is 34.4. The van der Waals surface area contributed by atoms with Gasteiger partial charge in [-0.2, -0.15) is 0 Å². The van der Waals surface area contributed by atoms with Crippen LogP contribution in [0.5, 0.6) is 11.5 Å². The van der Waals surface area contributed by atoms with Crippen molar-refractivity contribution in [1.29, 1.82) is 0 Å². The summed E-state index contributed by atoms with van der Waals surface area (Å²) in [5.74, 6) is 0.993. The first-order chi connectivity index (χ1) is 27.4. The molecule has 1 rings (SSSR count). The summed E-state index contributed by atoms with van der Waals surface area (Å²) in [5, 5.41) is 16.9. The van der Waals surface area contributed by atoms with Gasteiger partial charge in [0.25, 0.3) is 0 Å². The number of unbranched alkanes of at least 4 members (excludes halogenated alkanes) is 3. The van der Waals surface area contributed by atoms with Crippen molar-refractivity contribution in [2.45, 2.75) is 25.7 Å². The van der Waals surface area contributed by atoms with E-state index in [2.05, 4.69) is 16.0 Å². The SMILES string of the molecule is O=C(NCCOCCOCCOC(=O)NCCOCCOCCCCCCCl)OC/C=C\COC(=O)NCCOCCOCCOC(=O)Oc1ccc(O)cc1. The zero-order valence-corrected chi connectivity index (χ0v) is 32.6. The highest BCUT2D eigenvalue weighted by molar-refractivity contribution is 6.17. The molecule has 56 heavy (non-hydrogen) atoms.